The lowest BCUT2D eigenvalue weighted by Crippen LogP contribution is -2.26. The Bertz CT molecular complexity index is 553. The van der Waals surface area contributed by atoms with E-state index in [0.29, 0.717) is 11.7 Å². The number of nitrogens with one attached hydrogen (secondary N) is 1. The summed E-state index contributed by atoms with van der Waals surface area (Å²) in [5, 5.41) is 3.32. The van der Waals surface area contributed by atoms with Crippen LogP contribution in [0.15, 0.2) is 28.9 Å². The summed E-state index contributed by atoms with van der Waals surface area (Å²) in [5.74, 6) is -0.0281. The van der Waals surface area contributed by atoms with Crippen LogP contribution >= 0.6 is 34.8 Å². The summed E-state index contributed by atoms with van der Waals surface area (Å²) >= 11 is 17.1. The van der Waals surface area contributed by atoms with Crippen LogP contribution in [0.4, 0.5) is 0 Å². The Labute approximate surface area is 133 Å². The Morgan fingerprint density at radius 3 is 2.80 bits per heavy atom. The first kappa shape index (κ1) is 15.6. The Kier molecular flexibility index (Phi) is 4.62. The number of allylic oxidation sites excluding steroid dienone is 1. The third-order valence-corrected chi connectivity index (χ3v) is 4.22. The van der Waals surface area contributed by atoms with Gasteiger partial charge in [0.2, 0.25) is 5.91 Å². The zero-order chi connectivity index (χ0) is 14.9. The van der Waals surface area contributed by atoms with Gasteiger partial charge in [0.05, 0.1) is 5.92 Å². The van der Waals surface area contributed by atoms with Crippen LogP contribution < -0.4 is 5.32 Å². The molecule has 6 heteroatoms. The molecular weight excluding hydrogens is 319 g/mol. The molecule has 108 valence electrons. The number of amides is 1. The molecule has 2 rings (SSSR count). The predicted octanol–water partition coefficient (Wildman–Crippen LogP) is 3.94. The highest BCUT2D eigenvalue weighted by Crippen LogP contribution is 2.59. The average Bonchev–Trinajstić information content (AvgIpc) is 2.87. The van der Waals surface area contributed by atoms with E-state index < -0.39 is 0 Å². The Hall–Kier alpha value is -0.770. The number of nitrogens with zero attached hydrogens (tertiary/aromatic N) is 1. The van der Waals surface area contributed by atoms with Gasteiger partial charge in [-0.3, -0.25) is 4.79 Å². The second kappa shape index (κ2) is 5.92. The number of rotatable bonds is 4. The Morgan fingerprint density at radius 1 is 1.50 bits per heavy atom. The molecule has 0 saturated heterocycles. The van der Waals surface area contributed by atoms with Gasteiger partial charge in [0.25, 0.3) is 0 Å². The van der Waals surface area contributed by atoms with Crippen molar-refractivity contribution in [1.29, 1.82) is 0 Å². The van der Waals surface area contributed by atoms with Gasteiger partial charge in [0.1, 0.15) is 9.64 Å². The fraction of sp³-hybridized carbons (Fsp3) is 0.429. The predicted molar refractivity (Wildman–Crippen MR) is 81.6 cm³/mol. The van der Waals surface area contributed by atoms with E-state index in [-0.39, 0.29) is 27.6 Å². The van der Waals surface area contributed by atoms with E-state index in [1.807, 2.05) is 19.9 Å². The SMILES string of the molecule is CC1(C)C(C=C(Cl)Cl)C1C(=O)NCc1ccnc(Cl)c1. The highest BCUT2D eigenvalue weighted by molar-refractivity contribution is 6.55. The summed E-state index contributed by atoms with van der Waals surface area (Å²) in [6.07, 6.45) is 3.35. The maximum atomic E-state index is 12.2. The van der Waals surface area contributed by atoms with Crippen molar-refractivity contribution in [2.24, 2.45) is 17.3 Å². The van der Waals surface area contributed by atoms with Gasteiger partial charge in [-0.2, -0.15) is 0 Å². The maximum absolute atomic E-state index is 12.2. The van der Waals surface area contributed by atoms with E-state index in [0.717, 1.165) is 5.56 Å². The second-order valence-electron chi connectivity index (χ2n) is 5.49. The molecule has 2 atom stereocenters. The van der Waals surface area contributed by atoms with Crippen LogP contribution in [0.1, 0.15) is 19.4 Å². The first-order valence-corrected chi connectivity index (χ1v) is 7.36. The molecule has 0 radical (unpaired) electrons. The van der Waals surface area contributed by atoms with Crippen LogP contribution in [0.3, 0.4) is 0 Å². The first-order valence-electron chi connectivity index (χ1n) is 6.23. The number of aromatic nitrogens is 1. The van der Waals surface area contributed by atoms with Gasteiger partial charge >= 0.3 is 0 Å². The fourth-order valence-corrected chi connectivity index (χ4v) is 2.94. The topological polar surface area (TPSA) is 42.0 Å². The van der Waals surface area contributed by atoms with Crippen LogP contribution in [0, 0.1) is 17.3 Å². The van der Waals surface area contributed by atoms with E-state index >= 15 is 0 Å². The smallest absolute Gasteiger partial charge is 0.224 e. The summed E-state index contributed by atoms with van der Waals surface area (Å²) in [4.78, 5) is 16.1. The first-order chi connectivity index (χ1) is 9.32. The number of halogens is 3. The summed E-state index contributed by atoms with van der Waals surface area (Å²) in [6, 6.07) is 3.55. The lowest BCUT2D eigenvalue weighted by atomic mass is 10.1. The monoisotopic (exact) mass is 332 g/mol. The molecule has 1 fully saturated rings. The van der Waals surface area contributed by atoms with Gasteiger partial charge in [0, 0.05) is 12.7 Å². The summed E-state index contributed by atoms with van der Waals surface area (Å²) in [6.45, 7) is 4.48. The van der Waals surface area contributed by atoms with E-state index in [1.54, 1.807) is 18.3 Å². The van der Waals surface area contributed by atoms with Crippen molar-refractivity contribution >= 4 is 40.7 Å². The van der Waals surface area contributed by atoms with E-state index in [4.69, 9.17) is 34.8 Å². The van der Waals surface area contributed by atoms with Crippen LogP contribution in [-0.2, 0) is 11.3 Å². The molecule has 1 aliphatic carbocycles. The largest absolute Gasteiger partial charge is 0.352 e. The molecule has 1 amide bonds. The van der Waals surface area contributed by atoms with Crippen molar-refractivity contribution < 1.29 is 4.79 Å². The van der Waals surface area contributed by atoms with Gasteiger partial charge in [-0.05, 0) is 35.1 Å². The third-order valence-electron chi connectivity index (χ3n) is 3.76. The van der Waals surface area contributed by atoms with Crippen molar-refractivity contribution in [2.45, 2.75) is 20.4 Å². The number of hydrogen-bond donors (Lipinski definition) is 1. The highest BCUT2D eigenvalue weighted by Gasteiger charge is 2.60. The van der Waals surface area contributed by atoms with Crippen molar-refractivity contribution in [3.63, 3.8) is 0 Å². The maximum Gasteiger partial charge on any atom is 0.224 e. The van der Waals surface area contributed by atoms with Gasteiger partial charge in [0.15, 0.2) is 0 Å². The fourth-order valence-electron chi connectivity index (χ4n) is 2.48. The van der Waals surface area contributed by atoms with Gasteiger partial charge in [-0.25, -0.2) is 4.98 Å². The lowest BCUT2D eigenvalue weighted by molar-refractivity contribution is -0.123. The Morgan fingerprint density at radius 2 is 2.20 bits per heavy atom. The summed E-state index contributed by atoms with van der Waals surface area (Å²) < 4.78 is 0.208. The molecule has 3 nitrogen and oxygen atoms in total. The molecule has 1 aromatic heterocycles. The molecular formula is C14H15Cl3N2O. The van der Waals surface area contributed by atoms with Crippen molar-refractivity contribution in [2.75, 3.05) is 0 Å². The number of hydrogen-bond acceptors (Lipinski definition) is 2. The number of pyridine rings is 1. The van der Waals surface area contributed by atoms with Crippen molar-refractivity contribution in [3.8, 4) is 0 Å². The van der Waals surface area contributed by atoms with Gasteiger partial charge in [-0.1, -0.05) is 48.7 Å². The molecule has 1 N–H and O–H groups in total. The zero-order valence-corrected chi connectivity index (χ0v) is 13.4. The van der Waals surface area contributed by atoms with Gasteiger partial charge in [-0.15, -0.1) is 0 Å². The van der Waals surface area contributed by atoms with Crippen LogP contribution in [0.2, 0.25) is 5.15 Å². The molecule has 1 aromatic rings. The Balaban J connectivity index is 1.95. The zero-order valence-electron chi connectivity index (χ0n) is 11.2. The van der Waals surface area contributed by atoms with Crippen LogP contribution in [0.25, 0.3) is 0 Å². The molecule has 1 aliphatic rings. The summed E-state index contributed by atoms with van der Waals surface area (Å²) in [7, 11) is 0. The van der Waals surface area contributed by atoms with Crippen LogP contribution in [0.5, 0.6) is 0 Å². The lowest BCUT2D eigenvalue weighted by Gasteiger charge is -2.06. The molecule has 0 bridgehead atoms. The third kappa shape index (κ3) is 3.46. The molecule has 0 aliphatic heterocycles. The normalized spacial score (nSPS) is 23.1. The second-order valence-corrected chi connectivity index (χ2v) is 6.88. The minimum Gasteiger partial charge on any atom is -0.352 e. The number of carbonyl (C=O) groups excluding carboxylic acids is 1. The van der Waals surface area contributed by atoms with E-state index in [1.165, 1.54) is 0 Å². The van der Waals surface area contributed by atoms with Crippen LogP contribution in [-0.4, -0.2) is 10.9 Å². The minimum atomic E-state index is -0.116. The highest BCUT2D eigenvalue weighted by atomic mass is 35.5. The number of carbonyl (C=O) groups is 1. The molecule has 1 saturated carbocycles. The minimum absolute atomic E-state index is 0.00114. The van der Waals surface area contributed by atoms with E-state index in [2.05, 4.69) is 10.3 Å². The standard InChI is InChI=1S/C14H15Cl3N2O/c1-14(2)9(6-10(15)16)12(14)13(20)19-7-8-3-4-18-11(17)5-8/h3-6,9,12H,7H2,1-2H3,(H,19,20). The quantitative estimate of drug-likeness (QED) is 0.848. The average molecular weight is 334 g/mol. The molecule has 20 heavy (non-hydrogen) atoms. The summed E-state index contributed by atoms with van der Waals surface area (Å²) in [5.41, 5.74) is 0.800. The molecule has 0 spiro atoms. The molecule has 2 unspecified atom stereocenters. The van der Waals surface area contributed by atoms with E-state index in [9.17, 15) is 4.79 Å². The molecule has 1 heterocycles. The molecule has 0 aromatic carbocycles. The van der Waals surface area contributed by atoms with Crippen molar-refractivity contribution in [1.82, 2.24) is 10.3 Å². The van der Waals surface area contributed by atoms with Gasteiger partial charge < -0.3 is 5.32 Å². The van der Waals surface area contributed by atoms with Crippen molar-refractivity contribution in [3.05, 3.63) is 39.6 Å².